The number of halogens is 4. The van der Waals surface area contributed by atoms with Gasteiger partial charge in [-0.3, -0.25) is 4.68 Å². The van der Waals surface area contributed by atoms with Crippen LogP contribution in [-0.4, -0.2) is 26.3 Å². The summed E-state index contributed by atoms with van der Waals surface area (Å²) in [5.41, 5.74) is 7.29. The Morgan fingerprint density at radius 1 is 1.09 bits per heavy atom. The minimum Gasteiger partial charge on any atom is -0.352 e. The highest BCUT2D eigenvalue weighted by Gasteiger charge is 2.30. The first-order chi connectivity index (χ1) is 15.2. The second-order valence-corrected chi connectivity index (χ2v) is 7.52. The van der Waals surface area contributed by atoms with Gasteiger partial charge in [-0.25, -0.2) is 0 Å². The van der Waals surface area contributed by atoms with Gasteiger partial charge in [0.1, 0.15) is 5.82 Å². The largest absolute Gasteiger partial charge is 0.416 e. The summed E-state index contributed by atoms with van der Waals surface area (Å²) in [6.45, 7) is 0.312. The molecule has 1 unspecified atom stereocenters. The summed E-state index contributed by atoms with van der Waals surface area (Å²) in [4.78, 5) is 8.94. The summed E-state index contributed by atoms with van der Waals surface area (Å²) < 4.78 is 40.1. The zero-order valence-electron chi connectivity index (χ0n) is 16.9. The number of alkyl halides is 3. The van der Waals surface area contributed by atoms with E-state index in [0.717, 1.165) is 17.7 Å². The van der Waals surface area contributed by atoms with Crippen LogP contribution in [-0.2, 0) is 13.2 Å². The van der Waals surface area contributed by atoms with Gasteiger partial charge in [-0.15, -0.1) is 0 Å². The standard InChI is InChI=1S/C21H19ClF3N7/c1-32-19-15(10-28-32)18(29-13-8-6-12(7-9-13)21(23,24)25)30-20(31-19)27-11-17(26)14-4-2-3-5-16(14)22/h2-10,17H,11,26H2,1H3,(H2,27,29,30,31). The molecule has 0 aliphatic rings. The molecule has 0 aliphatic carbocycles. The van der Waals surface area contributed by atoms with Crippen molar-refractivity contribution in [3.63, 3.8) is 0 Å². The van der Waals surface area contributed by atoms with Gasteiger partial charge >= 0.3 is 6.18 Å². The fourth-order valence-electron chi connectivity index (χ4n) is 3.16. The number of fused-ring (bicyclic) bond motifs is 1. The van der Waals surface area contributed by atoms with Gasteiger partial charge in [-0.05, 0) is 35.9 Å². The van der Waals surface area contributed by atoms with Crippen LogP contribution in [0, 0.1) is 0 Å². The van der Waals surface area contributed by atoms with E-state index in [9.17, 15) is 13.2 Å². The van der Waals surface area contributed by atoms with Crippen LogP contribution in [0.5, 0.6) is 0 Å². The van der Waals surface area contributed by atoms with Gasteiger partial charge in [0, 0.05) is 30.3 Å². The average molecular weight is 462 g/mol. The quantitative estimate of drug-likeness (QED) is 0.378. The van der Waals surface area contributed by atoms with Crippen molar-refractivity contribution in [3.05, 3.63) is 70.9 Å². The molecular formula is C21H19ClF3N7. The Kier molecular flexibility index (Phi) is 5.90. The van der Waals surface area contributed by atoms with E-state index in [2.05, 4.69) is 25.7 Å². The molecule has 4 rings (SSSR count). The molecule has 2 aromatic heterocycles. The smallest absolute Gasteiger partial charge is 0.352 e. The van der Waals surface area contributed by atoms with E-state index in [4.69, 9.17) is 17.3 Å². The highest BCUT2D eigenvalue weighted by Crippen LogP contribution is 2.31. The minimum absolute atomic E-state index is 0.290. The first-order valence-corrected chi connectivity index (χ1v) is 9.98. The van der Waals surface area contributed by atoms with Crippen LogP contribution in [0.1, 0.15) is 17.2 Å². The van der Waals surface area contributed by atoms with Crippen molar-refractivity contribution in [2.45, 2.75) is 12.2 Å². The lowest BCUT2D eigenvalue weighted by Crippen LogP contribution is -2.22. The van der Waals surface area contributed by atoms with Crippen LogP contribution in [0.4, 0.5) is 30.6 Å². The third kappa shape index (κ3) is 4.61. The highest BCUT2D eigenvalue weighted by atomic mass is 35.5. The maximum Gasteiger partial charge on any atom is 0.416 e. The van der Waals surface area contributed by atoms with E-state index in [1.807, 2.05) is 18.2 Å². The highest BCUT2D eigenvalue weighted by molar-refractivity contribution is 6.31. The van der Waals surface area contributed by atoms with Gasteiger partial charge in [-0.2, -0.15) is 28.2 Å². The molecule has 0 radical (unpaired) electrons. The van der Waals surface area contributed by atoms with Crippen molar-refractivity contribution in [2.24, 2.45) is 12.8 Å². The van der Waals surface area contributed by atoms with Crippen LogP contribution in [0.3, 0.4) is 0 Å². The van der Waals surface area contributed by atoms with Gasteiger partial charge in [0.25, 0.3) is 0 Å². The summed E-state index contributed by atoms with van der Waals surface area (Å²) in [5.74, 6) is 0.690. The van der Waals surface area contributed by atoms with E-state index in [1.165, 1.54) is 12.1 Å². The van der Waals surface area contributed by atoms with Crippen LogP contribution < -0.4 is 16.4 Å². The van der Waals surface area contributed by atoms with Gasteiger partial charge in [0.05, 0.1) is 17.1 Å². The second kappa shape index (κ2) is 8.64. The Bertz CT molecular complexity index is 1240. The van der Waals surface area contributed by atoms with E-state index < -0.39 is 17.8 Å². The molecular weight excluding hydrogens is 443 g/mol. The molecule has 0 aliphatic heterocycles. The Hall–Kier alpha value is -3.37. The Labute approximate surface area is 186 Å². The molecule has 0 saturated heterocycles. The number of anilines is 3. The van der Waals surface area contributed by atoms with Crippen molar-refractivity contribution < 1.29 is 13.2 Å². The number of nitrogens with two attached hydrogens (primary N) is 1. The SMILES string of the molecule is Cn1ncc2c(Nc3ccc(C(F)(F)F)cc3)nc(NCC(N)c3ccccc3Cl)nc21. The molecule has 0 saturated carbocycles. The molecule has 4 aromatic rings. The molecule has 2 aromatic carbocycles. The van der Waals surface area contributed by atoms with E-state index in [1.54, 1.807) is 24.0 Å². The normalized spacial score (nSPS) is 12.7. The van der Waals surface area contributed by atoms with Crippen molar-refractivity contribution in [2.75, 3.05) is 17.2 Å². The molecule has 166 valence electrons. The van der Waals surface area contributed by atoms with E-state index in [-0.39, 0.29) is 5.95 Å². The fraction of sp³-hybridized carbons (Fsp3) is 0.190. The van der Waals surface area contributed by atoms with E-state index in [0.29, 0.717) is 34.1 Å². The lowest BCUT2D eigenvalue weighted by atomic mass is 10.1. The number of benzene rings is 2. The van der Waals surface area contributed by atoms with Gasteiger partial charge in [0.2, 0.25) is 5.95 Å². The first kappa shape index (κ1) is 21.8. The minimum atomic E-state index is -4.40. The second-order valence-electron chi connectivity index (χ2n) is 7.11. The third-order valence-corrected chi connectivity index (χ3v) is 5.20. The Balaban J connectivity index is 1.58. The number of aryl methyl sites for hydroxylation is 1. The number of hydrogen-bond acceptors (Lipinski definition) is 6. The fourth-order valence-corrected chi connectivity index (χ4v) is 3.44. The van der Waals surface area contributed by atoms with Crippen LogP contribution >= 0.6 is 11.6 Å². The van der Waals surface area contributed by atoms with E-state index >= 15 is 0 Å². The first-order valence-electron chi connectivity index (χ1n) is 9.60. The van der Waals surface area contributed by atoms with Crippen molar-refractivity contribution >= 4 is 40.1 Å². The molecule has 0 bridgehead atoms. The maximum absolute atomic E-state index is 12.8. The number of nitrogens with one attached hydrogen (secondary N) is 2. The summed E-state index contributed by atoms with van der Waals surface area (Å²) in [6.07, 6.45) is -2.82. The summed E-state index contributed by atoms with van der Waals surface area (Å²) >= 11 is 6.21. The summed E-state index contributed by atoms with van der Waals surface area (Å²) in [6, 6.07) is 11.6. The zero-order chi connectivity index (χ0) is 22.9. The lowest BCUT2D eigenvalue weighted by molar-refractivity contribution is -0.137. The molecule has 11 heteroatoms. The topological polar surface area (TPSA) is 93.7 Å². The molecule has 2 heterocycles. The third-order valence-electron chi connectivity index (χ3n) is 4.85. The zero-order valence-corrected chi connectivity index (χ0v) is 17.6. The van der Waals surface area contributed by atoms with Crippen molar-refractivity contribution in [1.29, 1.82) is 0 Å². The summed E-state index contributed by atoms with van der Waals surface area (Å²) in [5, 5.41) is 11.5. The average Bonchev–Trinajstić information content (AvgIpc) is 3.13. The van der Waals surface area contributed by atoms with Gasteiger partial charge in [-0.1, -0.05) is 29.8 Å². The molecule has 32 heavy (non-hydrogen) atoms. The monoisotopic (exact) mass is 461 g/mol. The molecule has 7 nitrogen and oxygen atoms in total. The van der Waals surface area contributed by atoms with Crippen molar-refractivity contribution in [1.82, 2.24) is 19.7 Å². The maximum atomic E-state index is 12.8. The Morgan fingerprint density at radius 3 is 2.50 bits per heavy atom. The van der Waals surface area contributed by atoms with Crippen LogP contribution in [0.2, 0.25) is 5.02 Å². The Morgan fingerprint density at radius 2 is 1.81 bits per heavy atom. The number of nitrogens with zero attached hydrogens (tertiary/aromatic N) is 4. The van der Waals surface area contributed by atoms with Gasteiger partial charge in [0.15, 0.2) is 5.65 Å². The molecule has 1 atom stereocenters. The molecule has 4 N–H and O–H groups in total. The van der Waals surface area contributed by atoms with Gasteiger partial charge < -0.3 is 16.4 Å². The lowest BCUT2D eigenvalue weighted by Gasteiger charge is -2.15. The molecule has 0 amide bonds. The number of aromatic nitrogens is 4. The predicted molar refractivity (Wildman–Crippen MR) is 118 cm³/mol. The number of rotatable bonds is 6. The van der Waals surface area contributed by atoms with Crippen LogP contribution in [0.15, 0.2) is 54.7 Å². The van der Waals surface area contributed by atoms with Crippen molar-refractivity contribution in [3.8, 4) is 0 Å². The molecule has 0 spiro atoms. The summed E-state index contributed by atoms with van der Waals surface area (Å²) in [7, 11) is 1.73. The number of hydrogen-bond donors (Lipinski definition) is 3. The molecule has 0 fully saturated rings. The predicted octanol–water partition coefficient (Wildman–Crippen LogP) is 4.89. The van der Waals surface area contributed by atoms with Crippen LogP contribution in [0.25, 0.3) is 11.0 Å².